The number of hydrogen-bond donors (Lipinski definition) is 1. The number of pyridine rings is 1. The van der Waals surface area contributed by atoms with Crippen LogP contribution in [0, 0.1) is 0 Å². The number of hydrogen-bond acceptors (Lipinski definition) is 3. The van der Waals surface area contributed by atoms with Gasteiger partial charge in [0.05, 0.1) is 0 Å². The molecule has 2 rings (SSSR count). The molecule has 1 N–H and O–H groups in total. The number of amides is 3. The van der Waals surface area contributed by atoms with E-state index >= 15 is 0 Å². The summed E-state index contributed by atoms with van der Waals surface area (Å²) >= 11 is 0. The van der Waals surface area contributed by atoms with E-state index in [1.54, 1.807) is 30.0 Å². The molecule has 0 bridgehead atoms. The van der Waals surface area contributed by atoms with Crippen LogP contribution in [0.15, 0.2) is 23.1 Å². The Balaban J connectivity index is 1.99. The van der Waals surface area contributed by atoms with Crippen molar-refractivity contribution in [3.8, 4) is 0 Å². The predicted octanol–water partition coefficient (Wildman–Crippen LogP) is -0.186. The molecule has 0 saturated carbocycles. The topological polar surface area (TPSA) is 76.7 Å². The maximum Gasteiger partial charge on any atom is 0.319 e. The first kappa shape index (κ1) is 14.1. The third-order valence-corrected chi connectivity index (χ3v) is 3.24. The summed E-state index contributed by atoms with van der Waals surface area (Å²) in [5, 5.41) is 0. The number of carbonyl (C=O) groups excluding carboxylic acids is 2. The number of H-pyrrole nitrogens is 1. The van der Waals surface area contributed by atoms with E-state index in [1.807, 2.05) is 0 Å². The molecule has 1 fully saturated rings. The first-order chi connectivity index (χ1) is 9.49. The van der Waals surface area contributed by atoms with E-state index in [2.05, 4.69) is 4.98 Å². The smallest absolute Gasteiger partial charge is 0.319 e. The van der Waals surface area contributed by atoms with Crippen molar-refractivity contribution in [1.82, 2.24) is 19.7 Å². The Morgan fingerprint density at radius 2 is 1.75 bits per heavy atom. The minimum absolute atomic E-state index is 0.0479. The highest BCUT2D eigenvalue weighted by atomic mass is 16.2. The quantitative estimate of drug-likeness (QED) is 0.774. The highest BCUT2D eigenvalue weighted by Gasteiger charge is 2.25. The van der Waals surface area contributed by atoms with Crippen molar-refractivity contribution in [2.45, 2.75) is 0 Å². The second-order valence-electron chi connectivity index (χ2n) is 4.90. The fourth-order valence-corrected chi connectivity index (χ4v) is 2.14. The van der Waals surface area contributed by atoms with E-state index in [9.17, 15) is 14.4 Å². The zero-order valence-electron chi connectivity index (χ0n) is 11.6. The maximum absolute atomic E-state index is 12.2. The largest absolute Gasteiger partial charge is 0.335 e. The van der Waals surface area contributed by atoms with Gasteiger partial charge in [-0.25, -0.2) is 4.79 Å². The minimum Gasteiger partial charge on any atom is -0.335 e. The molecule has 2 heterocycles. The van der Waals surface area contributed by atoms with Gasteiger partial charge in [0.2, 0.25) is 5.56 Å². The lowest BCUT2D eigenvalue weighted by Crippen LogP contribution is -2.52. The van der Waals surface area contributed by atoms with Crippen LogP contribution in [0.4, 0.5) is 4.79 Å². The molecular formula is C13H18N4O3. The number of nitrogens with one attached hydrogen (secondary N) is 1. The molecule has 0 aliphatic carbocycles. The van der Waals surface area contributed by atoms with Gasteiger partial charge in [-0.05, 0) is 6.07 Å². The van der Waals surface area contributed by atoms with E-state index in [0.29, 0.717) is 31.7 Å². The summed E-state index contributed by atoms with van der Waals surface area (Å²) in [5.74, 6) is -0.173. The Morgan fingerprint density at radius 1 is 1.15 bits per heavy atom. The molecule has 0 spiro atoms. The van der Waals surface area contributed by atoms with Crippen molar-refractivity contribution in [2.24, 2.45) is 0 Å². The first-order valence-corrected chi connectivity index (χ1v) is 6.43. The summed E-state index contributed by atoms with van der Waals surface area (Å²) in [4.78, 5) is 42.6. The molecule has 0 unspecified atom stereocenters. The van der Waals surface area contributed by atoms with E-state index in [-0.39, 0.29) is 17.5 Å². The molecule has 0 aromatic carbocycles. The molecule has 7 heteroatoms. The Kier molecular flexibility index (Phi) is 4.07. The fraction of sp³-hybridized carbons (Fsp3) is 0.462. The van der Waals surface area contributed by atoms with Crippen LogP contribution in [0.3, 0.4) is 0 Å². The zero-order chi connectivity index (χ0) is 14.7. The number of urea groups is 1. The minimum atomic E-state index is -0.294. The fourth-order valence-electron chi connectivity index (χ4n) is 2.14. The van der Waals surface area contributed by atoms with Gasteiger partial charge in [0.15, 0.2) is 0 Å². The number of carbonyl (C=O) groups is 2. The van der Waals surface area contributed by atoms with Crippen LogP contribution in [-0.2, 0) is 0 Å². The maximum atomic E-state index is 12.2. The van der Waals surface area contributed by atoms with Gasteiger partial charge in [-0.2, -0.15) is 0 Å². The molecular weight excluding hydrogens is 260 g/mol. The van der Waals surface area contributed by atoms with Crippen LogP contribution in [0.25, 0.3) is 0 Å². The molecule has 20 heavy (non-hydrogen) atoms. The van der Waals surface area contributed by atoms with Crippen molar-refractivity contribution in [3.63, 3.8) is 0 Å². The van der Waals surface area contributed by atoms with E-state index in [0.717, 1.165) is 0 Å². The van der Waals surface area contributed by atoms with E-state index in [4.69, 9.17) is 0 Å². The molecule has 3 amide bonds. The molecule has 0 radical (unpaired) electrons. The lowest BCUT2D eigenvalue weighted by molar-refractivity contribution is 0.0650. The molecule has 1 aliphatic rings. The zero-order valence-corrected chi connectivity index (χ0v) is 11.6. The average molecular weight is 278 g/mol. The van der Waals surface area contributed by atoms with Gasteiger partial charge in [0.25, 0.3) is 5.91 Å². The van der Waals surface area contributed by atoms with Gasteiger partial charge in [0, 0.05) is 58.1 Å². The summed E-state index contributed by atoms with van der Waals surface area (Å²) in [6, 6.07) is 2.83. The summed E-state index contributed by atoms with van der Waals surface area (Å²) < 4.78 is 0. The summed E-state index contributed by atoms with van der Waals surface area (Å²) in [7, 11) is 3.41. The van der Waals surface area contributed by atoms with Crippen molar-refractivity contribution in [3.05, 3.63) is 34.2 Å². The first-order valence-electron chi connectivity index (χ1n) is 6.43. The normalized spacial score (nSPS) is 15.1. The second-order valence-corrected chi connectivity index (χ2v) is 4.90. The number of piperazine rings is 1. The molecule has 1 aliphatic heterocycles. The number of aromatic nitrogens is 1. The molecule has 108 valence electrons. The molecule has 7 nitrogen and oxygen atoms in total. The van der Waals surface area contributed by atoms with Crippen molar-refractivity contribution >= 4 is 11.9 Å². The van der Waals surface area contributed by atoms with Crippen molar-refractivity contribution < 1.29 is 9.59 Å². The van der Waals surface area contributed by atoms with Crippen LogP contribution in [-0.4, -0.2) is 71.9 Å². The van der Waals surface area contributed by atoms with Gasteiger partial charge in [0.1, 0.15) is 0 Å². The van der Waals surface area contributed by atoms with Gasteiger partial charge < -0.3 is 19.7 Å². The standard InChI is InChI=1S/C13H18N4O3/c1-15(2)13(20)17-7-5-16(6-8-17)12(19)10-3-4-14-11(18)9-10/h3-4,9H,5-8H2,1-2H3,(H,14,18). The third kappa shape index (κ3) is 2.98. The van der Waals surface area contributed by atoms with Crippen LogP contribution in [0.2, 0.25) is 0 Å². The molecule has 1 aromatic rings. The Morgan fingerprint density at radius 3 is 2.30 bits per heavy atom. The number of aromatic amines is 1. The Hall–Kier alpha value is -2.31. The van der Waals surface area contributed by atoms with Crippen molar-refractivity contribution in [2.75, 3.05) is 40.3 Å². The summed E-state index contributed by atoms with van der Waals surface area (Å²) in [6.07, 6.45) is 1.46. The van der Waals surface area contributed by atoms with Gasteiger partial charge in [-0.3, -0.25) is 9.59 Å². The highest BCUT2D eigenvalue weighted by Crippen LogP contribution is 2.08. The van der Waals surface area contributed by atoms with Gasteiger partial charge in [-0.15, -0.1) is 0 Å². The average Bonchev–Trinajstić information content (AvgIpc) is 2.46. The van der Waals surface area contributed by atoms with Crippen LogP contribution < -0.4 is 5.56 Å². The van der Waals surface area contributed by atoms with Gasteiger partial charge in [-0.1, -0.05) is 0 Å². The van der Waals surface area contributed by atoms with Gasteiger partial charge >= 0.3 is 6.03 Å². The summed E-state index contributed by atoms with van der Waals surface area (Å²) in [5.41, 5.74) is 0.0819. The van der Waals surface area contributed by atoms with Crippen molar-refractivity contribution in [1.29, 1.82) is 0 Å². The highest BCUT2D eigenvalue weighted by molar-refractivity contribution is 5.94. The Bertz CT molecular complexity index is 559. The number of rotatable bonds is 1. The lowest BCUT2D eigenvalue weighted by atomic mass is 10.2. The lowest BCUT2D eigenvalue weighted by Gasteiger charge is -2.35. The van der Waals surface area contributed by atoms with Crippen LogP contribution >= 0.6 is 0 Å². The molecule has 1 aromatic heterocycles. The second kappa shape index (κ2) is 5.77. The third-order valence-electron chi connectivity index (χ3n) is 3.24. The SMILES string of the molecule is CN(C)C(=O)N1CCN(C(=O)c2cc[nH]c(=O)c2)CC1. The Labute approximate surface area is 116 Å². The monoisotopic (exact) mass is 278 g/mol. The van der Waals surface area contributed by atoms with Crippen LogP contribution in [0.1, 0.15) is 10.4 Å². The van der Waals surface area contributed by atoms with Crippen LogP contribution in [0.5, 0.6) is 0 Å². The predicted molar refractivity (Wildman–Crippen MR) is 73.6 cm³/mol. The van der Waals surface area contributed by atoms with E-state index in [1.165, 1.54) is 17.2 Å². The molecule has 1 saturated heterocycles. The summed E-state index contributed by atoms with van der Waals surface area (Å²) in [6.45, 7) is 1.97. The van der Waals surface area contributed by atoms with E-state index < -0.39 is 0 Å². The number of nitrogens with zero attached hydrogens (tertiary/aromatic N) is 3. The molecule has 0 atom stereocenters.